The average Bonchev–Trinajstić information content (AvgIpc) is 2.26. The summed E-state index contributed by atoms with van der Waals surface area (Å²) in [7, 11) is 0. The zero-order chi connectivity index (χ0) is 11.1. The topological polar surface area (TPSA) is 38.0 Å². The Balaban J connectivity index is 2.52. The fraction of sp³-hybridized carbons (Fsp3) is 0.400. The lowest BCUT2D eigenvalue weighted by Crippen LogP contribution is -2.11. The summed E-state index contributed by atoms with van der Waals surface area (Å²) < 4.78 is 28.3. The molecule has 3 N–H and O–H groups in total. The third-order valence-electron chi connectivity index (χ3n) is 1.83. The Morgan fingerprint density at radius 3 is 2.87 bits per heavy atom. The first-order valence-corrected chi connectivity index (χ1v) is 5.53. The molecule has 1 aromatic rings. The lowest BCUT2D eigenvalue weighted by molar-refractivity contribution is 0.476. The molecule has 0 aliphatic rings. The summed E-state index contributed by atoms with van der Waals surface area (Å²) in [6.07, 6.45) is 0.860. The van der Waals surface area contributed by atoms with Crippen molar-refractivity contribution in [3.05, 3.63) is 29.6 Å². The van der Waals surface area contributed by atoms with Crippen molar-refractivity contribution < 1.29 is 8.78 Å². The molecule has 15 heavy (non-hydrogen) atoms. The van der Waals surface area contributed by atoms with Gasteiger partial charge in [-0.2, -0.15) is 0 Å². The minimum absolute atomic E-state index is 0.375. The van der Waals surface area contributed by atoms with Gasteiger partial charge in [0.25, 0.3) is 0 Å². The van der Waals surface area contributed by atoms with Gasteiger partial charge in [-0.05, 0) is 43.1 Å². The highest BCUT2D eigenvalue weighted by atomic mass is 32.2. The number of halogens is 2. The molecule has 2 nitrogen and oxygen atoms in total. The Morgan fingerprint density at radius 1 is 1.40 bits per heavy atom. The van der Waals surface area contributed by atoms with Crippen LogP contribution in [0.25, 0.3) is 0 Å². The lowest BCUT2D eigenvalue weighted by Gasteiger charge is -2.06. The van der Waals surface area contributed by atoms with Crippen LogP contribution in [0.15, 0.2) is 23.1 Å². The summed E-state index contributed by atoms with van der Waals surface area (Å²) in [5.74, 6) is -0.408. The summed E-state index contributed by atoms with van der Waals surface area (Å²) >= 11 is 1.31. The van der Waals surface area contributed by atoms with Gasteiger partial charge in [-0.3, -0.25) is 4.72 Å². The van der Waals surface area contributed by atoms with Crippen LogP contribution >= 0.6 is 11.9 Å². The molecule has 1 aromatic carbocycles. The van der Waals surface area contributed by atoms with Crippen molar-refractivity contribution in [2.24, 2.45) is 5.73 Å². The number of benzene rings is 1. The van der Waals surface area contributed by atoms with Crippen LogP contribution in [0.5, 0.6) is 0 Å². The van der Waals surface area contributed by atoms with Crippen LogP contribution in [-0.4, -0.2) is 13.1 Å². The molecule has 0 unspecified atom stereocenters. The van der Waals surface area contributed by atoms with Gasteiger partial charge in [-0.1, -0.05) is 0 Å². The molecule has 0 aliphatic heterocycles. The molecule has 0 saturated heterocycles. The van der Waals surface area contributed by atoms with Gasteiger partial charge < -0.3 is 5.73 Å². The van der Waals surface area contributed by atoms with Crippen molar-refractivity contribution in [3.8, 4) is 0 Å². The molecular weight excluding hydrogens is 218 g/mol. The van der Waals surface area contributed by atoms with E-state index in [4.69, 9.17) is 5.73 Å². The van der Waals surface area contributed by atoms with Crippen LogP contribution in [-0.2, 0) is 6.67 Å². The second-order valence-corrected chi connectivity index (χ2v) is 3.96. The number of nitrogens with one attached hydrogen (secondary N) is 1. The second kappa shape index (κ2) is 6.76. The van der Waals surface area contributed by atoms with Crippen molar-refractivity contribution in [3.63, 3.8) is 0 Å². The molecule has 0 amide bonds. The zero-order valence-corrected chi connectivity index (χ0v) is 9.12. The quantitative estimate of drug-likeness (QED) is 0.583. The lowest BCUT2D eigenvalue weighted by atomic mass is 10.2. The maximum atomic E-state index is 12.8. The summed E-state index contributed by atoms with van der Waals surface area (Å²) in [5, 5.41) is 0. The van der Waals surface area contributed by atoms with Crippen LogP contribution in [0.1, 0.15) is 12.0 Å². The summed E-state index contributed by atoms with van der Waals surface area (Å²) in [5.41, 5.74) is 5.70. The third kappa shape index (κ3) is 4.15. The minimum atomic E-state index is -0.654. The van der Waals surface area contributed by atoms with Crippen molar-refractivity contribution in [2.75, 3.05) is 13.1 Å². The Bertz CT molecular complexity index is 307. The molecule has 0 aromatic heterocycles. The summed E-state index contributed by atoms with van der Waals surface area (Å²) in [6, 6.07) is 4.11. The smallest absolute Gasteiger partial charge is 0.123 e. The monoisotopic (exact) mass is 232 g/mol. The number of alkyl halides is 1. The maximum absolute atomic E-state index is 12.8. The van der Waals surface area contributed by atoms with Crippen molar-refractivity contribution in [2.45, 2.75) is 18.0 Å². The van der Waals surface area contributed by atoms with Crippen LogP contribution < -0.4 is 10.5 Å². The number of nitrogens with two attached hydrogens (primary N) is 1. The molecular formula is C10H14F2N2S. The molecule has 0 spiro atoms. The first-order chi connectivity index (χ1) is 7.27. The number of hydrogen-bond donors (Lipinski definition) is 2. The molecule has 0 saturated carbocycles. The number of hydrogen-bond acceptors (Lipinski definition) is 3. The van der Waals surface area contributed by atoms with E-state index in [2.05, 4.69) is 4.72 Å². The van der Waals surface area contributed by atoms with Crippen LogP contribution in [0.4, 0.5) is 8.78 Å². The first-order valence-electron chi connectivity index (χ1n) is 4.72. The van der Waals surface area contributed by atoms with Crippen LogP contribution in [0.3, 0.4) is 0 Å². The second-order valence-electron chi connectivity index (χ2n) is 3.02. The van der Waals surface area contributed by atoms with E-state index < -0.39 is 12.5 Å². The fourth-order valence-electron chi connectivity index (χ4n) is 1.06. The maximum Gasteiger partial charge on any atom is 0.123 e. The normalized spacial score (nSPS) is 10.6. The van der Waals surface area contributed by atoms with Crippen LogP contribution in [0.2, 0.25) is 0 Å². The highest BCUT2D eigenvalue weighted by molar-refractivity contribution is 7.97. The SMILES string of the molecule is NCCCNSc1ccc(F)cc1CF. The van der Waals surface area contributed by atoms with Crippen molar-refractivity contribution >= 4 is 11.9 Å². The van der Waals surface area contributed by atoms with Gasteiger partial charge in [0.05, 0.1) is 0 Å². The van der Waals surface area contributed by atoms with E-state index >= 15 is 0 Å². The molecule has 0 bridgehead atoms. The molecule has 84 valence electrons. The van der Waals surface area contributed by atoms with Gasteiger partial charge in [0.1, 0.15) is 12.5 Å². The van der Waals surface area contributed by atoms with E-state index in [1.54, 1.807) is 6.07 Å². The predicted octanol–water partition coefficient (Wildman–Crippen LogP) is 2.24. The largest absolute Gasteiger partial charge is 0.330 e. The summed E-state index contributed by atoms with van der Waals surface area (Å²) in [6.45, 7) is 0.718. The average molecular weight is 232 g/mol. The standard InChI is InChI=1S/C10H14F2N2S/c11-7-8-6-9(12)2-3-10(8)15-14-5-1-4-13/h2-3,6,14H,1,4-5,7,13H2. The highest BCUT2D eigenvalue weighted by Crippen LogP contribution is 2.21. The van der Waals surface area contributed by atoms with E-state index in [-0.39, 0.29) is 0 Å². The molecule has 1 rings (SSSR count). The van der Waals surface area contributed by atoms with Crippen LogP contribution in [0, 0.1) is 5.82 Å². The van der Waals surface area contributed by atoms with Gasteiger partial charge in [-0.15, -0.1) is 0 Å². The van der Waals surface area contributed by atoms with E-state index in [1.165, 1.54) is 24.1 Å². The zero-order valence-electron chi connectivity index (χ0n) is 8.30. The fourth-order valence-corrected chi connectivity index (χ4v) is 1.84. The Kier molecular flexibility index (Phi) is 5.60. The van der Waals surface area contributed by atoms with E-state index in [9.17, 15) is 8.78 Å². The van der Waals surface area contributed by atoms with Gasteiger partial charge in [-0.25, -0.2) is 8.78 Å². The highest BCUT2D eigenvalue weighted by Gasteiger charge is 2.04. The molecule has 0 aliphatic carbocycles. The van der Waals surface area contributed by atoms with E-state index in [0.717, 1.165) is 17.9 Å². The molecule has 0 heterocycles. The minimum Gasteiger partial charge on any atom is -0.330 e. The molecule has 0 radical (unpaired) electrons. The first kappa shape index (κ1) is 12.4. The van der Waals surface area contributed by atoms with Gasteiger partial charge in [0.15, 0.2) is 0 Å². The third-order valence-corrected chi connectivity index (χ3v) is 2.80. The molecule has 0 fully saturated rings. The predicted molar refractivity (Wildman–Crippen MR) is 58.7 cm³/mol. The molecule has 5 heteroatoms. The van der Waals surface area contributed by atoms with Crippen molar-refractivity contribution in [1.29, 1.82) is 0 Å². The Hall–Kier alpha value is -0.650. The van der Waals surface area contributed by atoms with E-state index in [1.807, 2.05) is 0 Å². The van der Waals surface area contributed by atoms with Gasteiger partial charge in [0.2, 0.25) is 0 Å². The summed E-state index contributed by atoms with van der Waals surface area (Å²) in [4.78, 5) is 0.718. The Labute approximate surface area is 92.4 Å². The van der Waals surface area contributed by atoms with Gasteiger partial charge in [0, 0.05) is 17.0 Å². The van der Waals surface area contributed by atoms with E-state index in [0.29, 0.717) is 12.1 Å². The molecule has 0 atom stereocenters. The Morgan fingerprint density at radius 2 is 2.20 bits per heavy atom. The van der Waals surface area contributed by atoms with Crippen molar-refractivity contribution in [1.82, 2.24) is 4.72 Å². The number of rotatable bonds is 6. The van der Waals surface area contributed by atoms with Gasteiger partial charge >= 0.3 is 0 Å².